The third-order valence-electron chi connectivity index (χ3n) is 2.45. The van der Waals surface area contributed by atoms with E-state index in [1.807, 2.05) is 0 Å². The van der Waals surface area contributed by atoms with Crippen LogP contribution < -0.4 is 5.32 Å². The lowest BCUT2D eigenvalue weighted by molar-refractivity contribution is -0.120. The van der Waals surface area contributed by atoms with Gasteiger partial charge in [-0.2, -0.15) is 0 Å². The number of thioether (sulfide) groups is 1. The number of carbonyl (C=O) groups excluding carboxylic acids is 1. The molecular formula is C12H17N3O3S. The largest absolute Gasteiger partial charge is 0.478 e. The van der Waals surface area contributed by atoms with E-state index in [2.05, 4.69) is 15.3 Å². The maximum atomic E-state index is 11.2. The summed E-state index contributed by atoms with van der Waals surface area (Å²) < 4.78 is 0. The van der Waals surface area contributed by atoms with Gasteiger partial charge in [-0.15, -0.1) is 11.8 Å². The molecular weight excluding hydrogens is 266 g/mol. The molecule has 1 rings (SSSR count). The standard InChI is InChI=1S/C12H17N3O3S/c1-7-10(12(17)18)11(15-8(2)14-7)19-6-4-5-9(16)13-3/h4-6H2,1-3H3,(H,13,16)(H,17,18). The number of nitrogens with one attached hydrogen (secondary N) is 1. The third kappa shape index (κ3) is 4.51. The topological polar surface area (TPSA) is 92.2 Å². The second kappa shape index (κ2) is 7.08. The van der Waals surface area contributed by atoms with Gasteiger partial charge in [-0.25, -0.2) is 14.8 Å². The van der Waals surface area contributed by atoms with E-state index in [0.717, 1.165) is 0 Å². The fourth-order valence-corrected chi connectivity index (χ4v) is 2.62. The molecule has 0 radical (unpaired) electrons. The fourth-order valence-electron chi connectivity index (χ4n) is 1.56. The van der Waals surface area contributed by atoms with Gasteiger partial charge in [0, 0.05) is 19.2 Å². The molecule has 0 bridgehead atoms. The molecule has 1 aromatic rings. The van der Waals surface area contributed by atoms with Crippen molar-refractivity contribution < 1.29 is 14.7 Å². The van der Waals surface area contributed by atoms with E-state index in [0.29, 0.717) is 35.1 Å². The number of aromatic carboxylic acids is 1. The molecule has 0 spiro atoms. The first kappa shape index (κ1) is 15.4. The summed E-state index contributed by atoms with van der Waals surface area (Å²) >= 11 is 1.34. The summed E-state index contributed by atoms with van der Waals surface area (Å²) in [6.07, 6.45) is 1.10. The van der Waals surface area contributed by atoms with Crippen molar-refractivity contribution >= 4 is 23.6 Å². The lowest BCUT2D eigenvalue weighted by atomic mass is 10.2. The molecule has 7 heteroatoms. The van der Waals surface area contributed by atoms with Crippen LogP contribution in [0.1, 0.15) is 34.7 Å². The van der Waals surface area contributed by atoms with Crippen molar-refractivity contribution in [2.45, 2.75) is 31.7 Å². The number of aryl methyl sites for hydroxylation is 2. The van der Waals surface area contributed by atoms with Crippen molar-refractivity contribution in [3.8, 4) is 0 Å². The number of carboxylic acid groups (broad SMARTS) is 1. The molecule has 104 valence electrons. The van der Waals surface area contributed by atoms with Gasteiger partial charge in [-0.3, -0.25) is 4.79 Å². The Morgan fingerprint density at radius 1 is 1.32 bits per heavy atom. The molecule has 6 nitrogen and oxygen atoms in total. The Morgan fingerprint density at radius 2 is 2.00 bits per heavy atom. The summed E-state index contributed by atoms with van der Waals surface area (Å²) in [7, 11) is 1.59. The number of carboxylic acids is 1. The molecule has 0 unspecified atom stereocenters. The van der Waals surface area contributed by atoms with Gasteiger partial charge in [0.2, 0.25) is 5.91 Å². The van der Waals surface area contributed by atoms with E-state index >= 15 is 0 Å². The number of aromatic nitrogens is 2. The van der Waals surface area contributed by atoms with Crippen molar-refractivity contribution in [3.05, 3.63) is 17.1 Å². The van der Waals surface area contributed by atoms with E-state index in [1.165, 1.54) is 11.8 Å². The molecule has 0 fully saturated rings. The van der Waals surface area contributed by atoms with Crippen LogP contribution in [0.15, 0.2) is 5.03 Å². The molecule has 0 saturated carbocycles. The Hall–Kier alpha value is -1.63. The monoisotopic (exact) mass is 283 g/mol. The zero-order valence-electron chi connectivity index (χ0n) is 11.2. The van der Waals surface area contributed by atoms with Gasteiger partial charge in [0.1, 0.15) is 16.4 Å². The average molecular weight is 283 g/mol. The number of amides is 1. The first-order valence-corrected chi connectivity index (χ1v) is 6.86. The van der Waals surface area contributed by atoms with Crippen LogP contribution in [0.2, 0.25) is 0 Å². The zero-order chi connectivity index (χ0) is 14.4. The molecule has 19 heavy (non-hydrogen) atoms. The van der Waals surface area contributed by atoms with Crippen LogP contribution >= 0.6 is 11.8 Å². The van der Waals surface area contributed by atoms with Gasteiger partial charge in [-0.1, -0.05) is 0 Å². The highest BCUT2D eigenvalue weighted by Gasteiger charge is 2.17. The normalized spacial score (nSPS) is 10.3. The quantitative estimate of drug-likeness (QED) is 0.466. The molecule has 0 aliphatic carbocycles. The molecule has 0 aromatic carbocycles. The van der Waals surface area contributed by atoms with Crippen LogP contribution in [0.3, 0.4) is 0 Å². The highest BCUT2D eigenvalue weighted by Crippen LogP contribution is 2.23. The van der Waals surface area contributed by atoms with Gasteiger partial charge in [0.15, 0.2) is 0 Å². The highest BCUT2D eigenvalue weighted by atomic mass is 32.2. The lowest BCUT2D eigenvalue weighted by Gasteiger charge is -2.08. The summed E-state index contributed by atoms with van der Waals surface area (Å²) in [5, 5.41) is 12.2. The van der Waals surface area contributed by atoms with Crippen molar-refractivity contribution in [2.24, 2.45) is 0 Å². The smallest absolute Gasteiger partial charge is 0.340 e. The molecule has 0 aliphatic rings. The SMILES string of the molecule is CNC(=O)CCCSc1nc(C)nc(C)c1C(=O)O. The molecule has 1 aromatic heterocycles. The summed E-state index contributed by atoms with van der Waals surface area (Å²) in [6.45, 7) is 3.39. The van der Waals surface area contributed by atoms with Crippen LogP contribution in [0, 0.1) is 13.8 Å². The van der Waals surface area contributed by atoms with Crippen LogP contribution in [-0.2, 0) is 4.79 Å². The van der Waals surface area contributed by atoms with Crippen molar-refractivity contribution in [1.29, 1.82) is 0 Å². The molecule has 0 aliphatic heterocycles. The maximum absolute atomic E-state index is 11.2. The predicted molar refractivity (Wildman–Crippen MR) is 72.5 cm³/mol. The Balaban J connectivity index is 2.72. The van der Waals surface area contributed by atoms with E-state index in [1.54, 1.807) is 20.9 Å². The summed E-state index contributed by atoms with van der Waals surface area (Å²) in [5.41, 5.74) is 0.615. The second-order valence-corrected chi connectivity index (χ2v) is 5.05. The van der Waals surface area contributed by atoms with E-state index in [4.69, 9.17) is 5.11 Å². The van der Waals surface area contributed by atoms with Crippen LogP contribution in [0.5, 0.6) is 0 Å². The van der Waals surface area contributed by atoms with Gasteiger partial charge in [0.05, 0.1) is 5.69 Å². The Labute approximate surface area is 116 Å². The van der Waals surface area contributed by atoms with E-state index in [-0.39, 0.29) is 11.5 Å². The molecule has 2 N–H and O–H groups in total. The zero-order valence-corrected chi connectivity index (χ0v) is 12.0. The number of rotatable bonds is 6. The second-order valence-electron chi connectivity index (χ2n) is 3.97. The van der Waals surface area contributed by atoms with Gasteiger partial charge in [-0.05, 0) is 20.3 Å². The lowest BCUT2D eigenvalue weighted by Crippen LogP contribution is -2.17. The first-order chi connectivity index (χ1) is 8.95. The molecule has 1 heterocycles. The summed E-state index contributed by atoms with van der Waals surface area (Å²) in [6, 6.07) is 0. The Kier molecular flexibility index (Phi) is 5.75. The number of hydrogen-bond acceptors (Lipinski definition) is 5. The number of carbonyl (C=O) groups is 2. The van der Waals surface area contributed by atoms with Crippen LogP contribution in [-0.4, -0.2) is 39.8 Å². The number of hydrogen-bond donors (Lipinski definition) is 2. The van der Waals surface area contributed by atoms with Crippen LogP contribution in [0.25, 0.3) is 0 Å². The minimum atomic E-state index is -1.02. The minimum Gasteiger partial charge on any atom is -0.478 e. The van der Waals surface area contributed by atoms with Crippen LogP contribution in [0.4, 0.5) is 0 Å². The Morgan fingerprint density at radius 3 is 2.58 bits per heavy atom. The molecule has 0 saturated heterocycles. The van der Waals surface area contributed by atoms with Crippen molar-refractivity contribution in [3.63, 3.8) is 0 Å². The first-order valence-electron chi connectivity index (χ1n) is 5.87. The van der Waals surface area contributed by atoms with E-state index < -0.39 is 5.97 Å². The molecule has 0 atom stereocenters. The van der Waals surface area contributed by atoms with Gasteiger partial charge < -0.3 is 10.4 Å². The average Bonchev–Trinajstić information content (AvgIpc) is 2.32. The van der Waals surface area contributed by atoms with Gasteiger partial charge in [0.25, 0.3) is 0 Å². The maximum Gasteiger partial charge on any atom is 0.340 e. The number of nitrogens with zero attached hydrogens (tertiary/aromatic N) is 2. The molecule has 1 amide bonds. The minimum absolute atomic E-state index is 0.0193. The Bertz CT molecular complexity index is 491. The summed E-state index contributed by atoms with van der Waals surface area (Å²) in [5.74, 6) is 0.153. The fraction of sp³-hybridized carbons (Fsp3) is 0.500. The van der Waals surface area contributed by atoms with Gasteiger partial charge >= 0.3 is 5.97 Å². The predicted octanol–water partition coefficient (Wildman–Crippen LogP) is 1.41. The van der Waals surface area contributed by atoms with Crippen molar-refractivity contribution in [1.82, 2.24) is 15.3 Å². The van der Waals surface area contributed by atoms with Crippen molar-refractivity contribution in [2.75, 3.05) is 12.8 Å². The highest BCUT2D eigenvalue weighted by molar-refractivity contribution is 7.99. The summed E-state index contributed by atoms with van der Waals surface area (Å²) in [4.78, 5) is 30.5. The third-order valence-corrected chi connectivity index (χ3v) is 3.51. The van der Waals surface area contributed by atoms with E-state index in [9.17, 15) is 9.59 Å².